The summed E-state index contributed by atoms with van der Waals surface area (Å²) in [6.07, 6.45) is 8.67. The van der Waals surface area contributed by atoms with E-state index in [0.29, 0.717) is 24.2 Å². The Balaban J connectivity index is 1.25. The lowest BCUT2D eigenvalue weighted by Gasteiger charge is -2.59. The second kappa shape index (κ2) is 9.73. The quantitative estimate of drug-likeness (QED) is 0.414. The summed E-state index contributed by atoms with van der Waals surface area (Å²) in [4.78, 5) is 43.8. The lowest BCUT2D eigenvalue weighted by atomic mass is 9.46. The van der Waals surface area contributed by atoms with Gasteiger partial charge in [0.05, 0.1) is 18.9 Å². The van der Waals surface area contributed by atoms with Crippen LogP contribution in [0, 0.1) is 28.6 Å². The fraction of sp³-hybridized carbons (Fsp3) is 0.793. The van der Waals surface area contributed by atoms with Crippen molar-refractivity contribution in [2.24, 2.45) is 33.7 Å². The topological polar surface area (TPSA) is 126 Å². The van der Waals surface area contributed by atoms with E-state index in [-0.39, 0.29) is 36.2 Å². The normalized spacial score (nSPS) is 43.1. The number of ketones is 1. The summed E-state index contributed by atoms with van der Waals surface area (Å²) < 4.78 is 4.76. The summed E-state index contributed by atoms with van der Waals surface area (Å²) in [6.45, 7) is 5.85. The molecular weight excluding hydrogens is 488 g/mol. The number of Topliss-reactive ketones (excluding diaryl/α,β-unsaturated/α-hetero) is 1. The molecule has 5 rings (SSSR count). The van der Waals surface area contributed by atoms with Crippen LogP contribution >= 0.6 is 0 Å². The summed E-state index contributed by atoms with van der Waals surface area (Å²) in [5.41, 5.74) is 0.746. The third kappa shape index (κ3) is 4.12. The number of allylic oxidation sites excluding steroid dienone is 2. The highest BCUT2D eigenvalue weighted by Gasteiger charge is 2.65. The first-order chi connectivity index (χ1) is 17.9. The average molecular weight is 531 g/mol. The minimum atomic E-state index is -1.19. The van der Waals surface area contributed by atoms with Crippen LogP contribution in [0.1, 0.15) is 78.6 Å². The molecule has 0 bridgehead atoms. The van der Waals surface area contributed by atoms with Crippen molar-refractivity contribution in [2.75, 3.05) is 20.3 Å². The Hall–Kier alpha value is -2.26. The van der Waals surface area contributed by atoms with Crippen molar-refractivity contribution >= 4 is 23.4 Å². The van der Waals surface area contributed by atoms with Crippen LogP contribution in [0.2, 0.25) is 0 Å². The van der Waals surface area contributed by atoms with Gasteiger partial charge in [-0.05, 0) is 87.5 Å². The number of likely N-dealkylation sites (tertiary alicyclic amines) is 1. The highest BCUT2D eigenvalue weighted by molar-refractivity contribution is 5.96. The number of aliphatic hydroxyl groups is 2. The number of β-amino-alcohol motifs (C(OH)–C–C–N with tert-alkyl or cyclic N) is 1. The zero-order valence-corrected chi connectivity index (χ0v) is 23.1. The molecule has 4 fully saturated rings. The Morgan fingerprint density at radius 1 is 1.11 bits per heavy atom. The SMILES string of the molecule is COC(=O)C1CC(O)CN1C(=O)CO/N=C1/C=C2CCC3C(CC[C@@]4(C)C3CC[C@]4(O)C(C)=O)[C@@]2(C)CC1. The van der Waals surface area contributed by atoms with E-state index in [1.165, 1.54) is 17.6 Å². The largest absolute Gasteiger partial charge is 0.467 e. The lowest BCUT2D eigenvalue weighted by Crippen LogP contribution is -2.57. The van der Waals surface area contributed by atoms with E-state index in [9.17, 15) is 24.6 Å². The Kier molecular flexibility index (Phi) is 7.00. The number of ether oxygens (including phenoxy) is 1. The van der Waals surface area contributed by atoms with Gasteiger partial charge in [-0.25, -0.2) is 4.79 Å². The average Bonchev–Trinajstić information content (AvgIpc) is 3.41. The van der Waals surface area contributed by atoms with Crippen molar-refractivity contribution in [3.63, 3.8) is 0 Å². The predicted molar refractivity (Wildman–Crippen MR) is 139 cm³/mol. The number of oxime groups is 1. The molecule has 0 aromatic carbocycles. The first-order valence-electron chi connectivity index (χ1n) is 14.1. The number of nitrogens with zero attached hydrogens (tertiary/aromatic N) is 2. The molecule has 210 valence electrons. The molecular formula is C29H42N2O7. The van der Waals surface area contributed by atoms with Crippen molar-refractivity contribution in [1.82, 2.24) is 4.90 Å². The maximum Gasteiger partial charge on any atom is 0.328 e. The van der Waals surface area contributed by atoms with E-state index >= 15 is 0 Å². The molecule has 1 amide bonds. The van der Waals surface area contributed by atoms with Gasteiger partial charge in [-0.2, -0.15) is 0 Å². The number of hydrogen-bond donors (Lipinski definition) is 2. The number of aliphatic hydroxyl groups excluding tert-OH is 1. The number of rotatable bonds is 5. The van der Waals surface area contributed by atoms with Gasteiger partial charge in [-0.3, -0.25) is 9.59 Å². The lowest BCUT2D eigenvalue weighted by molar-refractivity contribution is -0.159. The second-order valence-electron chi connectivity index (χ2n) is 12.7. The Labute approximate surface area is 224 Å². The molecule has 1 saturated heterocycles. The second-order valence-corrected chi connectivity index (χ2v) is 12.7. The monoisotopic (exact) mass is 530 g/mol. The first kappa shape index (κ1) is 27.3. The minimum absolute atomic E-state index is 0.0649. The number of fused-ring (bicyclic) bond motifs is 5. The van der Waals surface area contributed by atoms with Crippen LogP contribution in [-0.4, -0.2) is 76.5 Å². The van der Waals surface area contributed by atoms with E-state index in [4.69, 9.17) is 9.57 Å². The van der Waals surface area contributed by atoms with Gasteiger partial charge >= 0.3 is 5.97 Å². The summed E-state index contributed by atoms with van der Waals surface area (Å²) in [5.74, 6) is 0.381. The number of carbonyl (C=O) groups excluding carboxylic acids is 3. The molecule has 8 atom stereocenters. The highest BCUT2D eigenvalue weighted by atomic mass is 16.6. The van der Waals surface area contributed by atoms with Crippen molar-refractivity contribution in [1.29, 1.82) is 0 Å². The van der Waals surface area contributed by atoms with Crippen LogP contribution in [0.5, 0.6) is 0 Å². The van der Waals surface area contributed by atoms with Gasteiger partial charge in [0, 0.05) is 18.4 Å². The molecule has 9 nitrogen and oxygen atoms in total. The fourth-order valence-electron chi connectivity index (χ4n) is 8.94. The zero-order chi connectivity index (χ0) is 27.5. The zero-order valence-electron chi connectivity index (χ0n) is 23.1. The summed E-state index contributed by atoms with van der Waals surface area (Å²) >= 11 is 0. The number of amides is 1. The van der Waals surface area contributed by atoms with Gasteiger partial charge in [0.15, 0.2) is 12.4 Å². The van der Waals surface area contributed by atoms with E-state index < -0.39 is 29.6 Å². The number of methoxy groups -OCH3 is 1. The van der Waals surface area contributed by atoms with Crippen LogP contribution in [0.4, 0.5) is 0 Å². The molecule has 38 heavy (non-hydrogen) atoms. The van der Waals surface area contributed by atoms with Crippen molar-refractivity contribution in [2.45, 2.75) is 96.3 Å². The molecule has 5 unspecified atom stereocenters. The van der Waals surface area contributed by atoms with E-state index in [1.807, 2.05) is 0 Å². The molecule has 2 N–H and O–H groups in total. The van der Waals surface area contributed by atoms with Gasteiger partial charge in [0.25, 0.3) is 5.91 Å². The maximum atomic E-state index is 12.7. The molecule has 4 aliphatic carbocycles. The first-order valence-corrected chi connectivity index (χ1v) is 14.1. The minimum Gasteiger partial charge on any atom is -0.467 e. The maximum absolute atomic E-state index is 12.7. The van der Waals surface area contributed by atoms with Gasteiger partial charge in [-0.15, -0.1) is 0 Å². The third-order valence-electron chi connectivity index (χ3n) is 11.2. The summed E-state index contributed by atoms with van der Waals surface area (Å²) in [6, 6.07) is -0.796. The van der Waals surface area contributed by atoms with Gasteiger partial charge < -0.3 is 24.7 Å². The van der Waals surface area contributed by atoms with Crippen LogP contribution in [0.25, 0.3) is 0 Å². The Morgan fingerprint density at radius 2 is 1.84 bits per heavy atom. The van der Waals surface area contributed by atoms with Gasteiger partial charge in [0.2, 0.25) is 0 Å². The van der Waals surface area contributed by atoms with Crippen LogP contribution in [0.15, 0.2) is 16.8 Å². The molecule has 0 aromatic heterocycles. The Bertz CT molecular complexity index is 1070. The molecule has 0 radical (unpaired) electrons. The molecule has 5 aliphatic rings. The van der Waals surface area contributed by atoms with Crippen molar-refractivity contribution in [3.8, 4) is 0 Å². The predicted octanol–water partition coefficient (Wildman–Crippen LogP) is 2.78. The molecule has 0 aromatic rings. The Morgan fingerprint density at radius 3 is 2.55 bits per heavy atom. The highest BCUT2D eigenvalue weighted by Crippen LogP contribution is 2.67. The van der Waals surface area contributed by atoms with Crippen molar-refractivity contribution < 1.29 is 34.2 Å². The van der Waals surface area contributed by atoms with Gasteiger partial charge in [-0.1, -0.05) is 24.6 Å². The van der Waals surface area contributed by atoms with E-state index in [2.05, 4.69) is 25.1 Å². The summed E-state index contributed by atoms with van der Waals surface area (Å²) in [7, 11) is 1.27. The van der Waals surface area contributed by atoms with E-state index in [1.54, 1.807) is 6.92 Å². The smallest absolute Gasteiger partial charge is 0.328 e. The van der Waals surface area contributed by atoms with Crippen molar-refractivity contribution in [3.05, 3.63) is 11.6 Å². The number of hydrogen-bond acceptors (Lipinski definition) is 8. The standard InChI is InChI=1S/C29H42N2O7/c1-17(32)29(36)12-9-23-21-6-5-18-13-19(7-10-27(18,2)22(21)8-11-28(23,29)3)30-38-16-25(34)31-15-20(33)14-24(31)26(35)37-4/h13,20-24,33,36H,5-12,14-16H2,1-4H3/b30-19+/t20?,21?,22?,23?,24?,27-,28-,29-/m0/s1. The fourth-order valence-corrected chi connectivity index (χ4v) is 8.94. The molecule has 1 aliphatic heterocycles. The molecule has 1 heterocycles. The van der Waals surface area contributed by atoms with Crippen LogP contribution < -0.4 is 0 Å². The van der Waals surface area contributed by atoms with Gasteiger partial charge in [0.1, 0.15) is 11.6 Å². The van der Waals surface area contributed by atoms with Crippen LogP contribution in [0.3, 0.4) is 0 Å². The molecule has 9 heteroatoms. The number of esters is 1. The molecule has 3 saturated carbocycles. The van der Waals surface area contributed by atoms with Crippen LogP contribution in [-0.2, 0) is 24.0 Å². The number of carbonyl (C=O) groups is 3. The molecule has 0 spiro atoms. The third-order valence-corrected chi connectivity index (χ3v) is 11.2. The van der Waals surface area contributed by atoms with E-state index in [0.717, 1.165) is 50.7 Å². The summed E-state index contributed by atoms with van der Waals surface area (Å²) in [5, 5.41) is 25.5.